The van der Waals surface area contributed by atoms with E-state index >= 15 is 0 Å². The molecule has 1 aromatic rings. The number of rotatable bonds is 5. The van der Waals surface area contributed by atoms with Crippen molar-refractivity contribution in [2.24, 2.45) is 11.0 Å². The fourth-order valence-electron chi connectivity index (χ4n) is 1.21. The summed E-state index contributed by atoms with van der Waals surface area (Å²) >= 11 is 0. The number of aliphatic carboxylic acids is 1. The third-order valence-electron chi connectivity index (χ3n) is 1.94. The maximum Gasteiger partial charge on any atom is 0.352 e. The second-order valence-corrected chi connectivity index (χ2v) is 3.94. The number of hydrogen-bond donors (Lipinski definition) is 2. The Morgan fingerprint density at radius 3 is 2.50 bits per heavy atom. The first-order valence-corrected chi connectivity index (χ1v) is 5.20. The molecule has 0 saturated heterocycles. The predicted octanol–water partition coefficient (Wildman–Crippen LogP) is 2.59. The molecule has 86 valence electrons. The number of para-hydroxylation sites is 1. The van der Waals surface area contributed by atoms with Gasteiger partial charge in [0.15, 0.2) is 0 Å². The Labute approximate surface area is 95.0 Å². The smallest absolute Gasteiger partial charge is 0.352 e. The number of carbonyl (C=O) groups is 1. The molecular formula is C12H16N2O2. The number of hydrazone groups is 1. The zero-order chi connectivity index (χ0) is 12.0. The van der Waals surface area contributed by atoms with Crippen molar-refractivity contribution in [3.8, 4) is 0 Å². The Morgan fingerprint density at radius 2 is 2.00 bits per heavy atom. The molecule has 0 heterocycles. The first-order chi connectivity index (χ1) is 7.59. The summed E-state index contributed by atoms with van der Waals surface area (Å²) in [6, 6.07) is 9.28. The van der Waals surface area contributed by atoms with Gasteiger partial charge in [0.25, 0.3) is 0 Å². The van der Waals surface area contributed by atoms with Gasteiger partial charge in [0, 0.05) is 6.42 Å². The van der Waals surface area contributed by atoms with Crippen LogP contribution < -0.4 is 5.43 Å². The minimum atomic E-state index is -0.975. The molecule has 0 radical (unpaired) electrons. The van der Waals surface area contributed by atoms with Crippen molar-refractivity contribution in [3.05, 3.63) is 30.3 Å². The molecule has 0 fully saturated rings. The van der Waals surface area contributed by atoms with E-state index in [-0.39, 0.29) is 11.6 Å². The molecule has 4 nitrogen and oxygen atoms in total. The Bertz CT molecular complexity index is 372. The molecule has 0 aliphatic heterocycles. The lowest BCUT2D eigenvalue weighted by Crippen LogP contribution is -2.17. The van der Waals surface area contributed by atoms with Gasteiger partial charge in [-0.1, -0.05) is 32.0 Å². The molecule has 0 spiro atoms. The highest BCUT2D eigenvalue weighted by Crippen LogP contribution is 2.07. The average Bonchev–Trinajstić information content (AvgIpc) is 2.25. The van der Waals surface area contributed by atoms with Crippen LogP contribution in [0.1, 0.15) is 20.3 Å². The van der Waals surface area contributed by atoms with Crippen LogP contribution in [-0.2, 0) is 4.79 Å². The highest BCUT2D eigenvalue weighted by atomic mass is 16.4. The number of carboxylic acids is 1. The van der Waals surface area contributed by atoms with Gasteiger partial charge in [-0.3, -0.25) is 5.43 Å². The second-order valence-electron chi connectivity index (χ2n) is 3.94. The van der Waals surface area contributed by atoms with E-state index in [9.17, 15) is 4.79 Å². The minimum Gasteiger partial charge on any atom is -0.477 e. The van der Waals surface area contributed by atoms with Gasteiger partial charge in [-0.2, -0.15) is 5.10 Å². The fraction of sp³-hybridized carbons (Fsp3) is 0.333. The Morgan fingerprint density at radius 1 is 1.38 bits per heavy atom. The topological polar surface area (TPSA) is 61.7 Å². The van der Waals surface area contributed by atoms with E-state index in [1.807, 2.05) is 44.2 Å². The number of anilines is 1. The van der Waals surface area contributed by atoms with E-state index < -0.39 is 5.97 Å². The molecule has 0 aromatic heterocycles. The summed E-state index contributed by atoms with van der Waals surface area (Å²) in [6.45, 7) is 3.92. The zero-order valence-corrected chi connectivity index (χ0v) is 9.47. The van der Waals surface area contributed by atoms with Gasteiger partial charge in [-0.25, -0.2) is 4.79 Å². The number of hydrogen-bond acceptors (Lipinski definition) is 3. The molecular weight excluding hydrogens is 204 g/mol. The van der Waals surface area contributed by atoms with Crippen LogP contribution in [-0.4, -0.2) is 16.8 Å². The summed E-state index contributed by atoms with van der Waals surface area (Å²) in [5.41, 5.74) is 3.67. The summed E-state index contributed by atoms with van der Waals surface area (Å²) < 4.78 is 0. The molecule has 0 unspecified atom stereocenters. The number of benzene rings is 1. The first kappa shape index (κ1) is 12.2. The standard InChI is InChI=1S/C12H16N2O2/c1-9(2)8-11(12(15)16)14-13-10-6-4-3-5-7-10/h3-7,9,13H,8H2,1-2H3,(H,15,16)/b14-11-. The van der Waals surface area contributed by atoms with E-state index in [1.54, 1.807) is 0 Å². The molecule has 4 heteroatoms. The number of carboxylic acid groups (broad SMARTS) is 1. The van der Waals surface area contributed by atoms with Crippen molar-refractivity contribution in [1.29, 1.82) is 0 Å². The SMILES string of the molecule is CC(C)C/C(=N/Nc1ccccc1)C(=O)O. The third kappa shape index (κ3) is 4.13. The molecule has 0 amide bonds. The van der Waals surface area contributed by atoms with Gasteiger partial charge in [-0.05, 0) is 18.1 Å². The van der Waals surface area contributed by atoms with Crippen LogP contribution in [0.3, 0.4) is 0 Å². The lowest BCUT2D eigenvalue weighted by atomic mass is 10.1. The van der Waals surface area contributed by atoms with Gasteiger partial charge in [0.2, 0.25) is 0 Å². The fourth-order valence-corrected chi connectivity index (χ4v) is 1.21. The van der Waals surface area contributed by atoms with Crippen LogP contribution >= 0.6 is 0 Å². The Balaban J connectivity index is 2.68. The summed E-state index contributed by atoms with van der Waals surface area (Å²) in [6.07, 6.45) is 0.454. The lowest BCUT2D eigenvalue weighted by Gasteiger charge is -2.05. The van der Waals surface area contributed by atoms with E-state index in [4.69, 9.17) is 5.11 Å². The third-order valence-corrected chi connectivity index (χ3v) is 1.94. The van der Waals surface area contributed by atoms with Crippen LogP contribution in [0.5, 0.6) is 0 Å². The molecule has 0 aliphatic rings. The van der Waals surface area contributed by atoms with Crippen molar-refractivity contribution in [2.75, 3.05) is 5.43 Å². The van der Waals surface area contributed by atoms with E-state index in [2.05, 4.69) is 10.5 Å². The van der Waals surface area contributed by atoms with Crippen LogP contribution in [0.25, 0.3) is 0 Å². The summed E-state index contributed by atoms with van der Waals surface area (Å²) in [7, 11) is 0. The summed E-state index contributed by atoms with van der Waals surface area (Å²) in [4.78, 5) is 10.9. The molecule has 2 N–H and O–H groups in total. The maximum atomic E-state index is 10.9. The van der Waals surface area contributed by atoms with E-state index in [0.717, 1.165) is 5.69 Å². The van der Waals surface area contributed by atoms with Gasteiger partial charge in [-0.15, -0.1) is 0 Å². The molecule has 0 bridgehead atoms. The summed E-state index contributed by atoms with van der Waals surface area (Å²) in [5.74, 6) is -0.704. The zero-order valence-electron chi connectivity index (χ0n) is 9.47. The highest BCUT2D eigenvalue weighted by Gasteiger charge is 2.11. The van der Waals surface area contributed by atoms with Gasteiger partial charge < -0.3 is 5.11 Å². The lowest BCUT2D eigenvalue weighted by molar-refractivity contribution is -0.129. The van der Waals surface area contributed by atoms with Gasteiger partial charge in [0.1, 0.15) is 5.71 Å². The molecule has 1 aromatic carbocycles. The predicted molar refractivity (Wildman–Crippen MR) is 64.6 cm³/mol. The minimum absolute atomic E-state index is 0.152. The highest BCUT2D eigenvalue weighted by molar-refractivity contribution is 6.35. The second kappa shape index (κ2) is 5.90. The van der Waals surface area contributed by atoms with Gasteiger partial charge in [0.05, 0.1) is 5.69 Å². The normalized spacial score (nSPS) is 11.6. The van der Waals surface area contributed by atoms with Crippen LogP contribution in [0.2, 0.25) is 0 Å². The molecule has 0 saturated carbocycles. The van der Waals surface area contributed by atoms with Crippen LogP contribution in [0, 0.1) is 5.92 Å². The van der Waals surface area contributed by atoms with Crippen molar-refractivity contribution in [1.82, 2.24) is 0 Å². The van der Waals surface area contributed by atoms with Gasteiger partial charge >= 0.3 is 5.97 Å². The van der Waals surface area contributed by atoms with Crippen LogP contribution in [0.4, 0.5) is 5.69 Å². The molecule has 16 heavy (non-hydrogen) atoms. The summed E-state index contributed by atoms with van der Waals surface area (Å²) in [5, 5.41) is 12.8. The van der Waals surface area contributed by atoms with Crippen molar-refractivity contribution in [2.45, 2.75) is 20.3 Å². The van der Waals surface area contributed by atoms with Crippen molar-refractivity contribution in [3.63, 3.8) is 0 Å². The van der Waals surface area contributed by atoms with Crippen molar-refractivity contribution >= 4 is 17.4 Å². The molecule has 0 atom stereocenters. The maximum absolute atomic E-state index is 10.9. The Kier molecular flexibility index (Phi) is 4.51. The monoisotopic (exact) mass is 220 g/mol. The average molecular weight is 220 g/mol. The van der Waals surface area contributed by atoms with E-state index in [0.29, 0.717) is 6.42 Å². The first-order valence-electron chi connectivity index (χ1n) is 5.20. The molecule has 1 rings (SSSR count). The number of nitrogens with zero attached hydrogens (tertiary/aromatic N) is 1. The Hall–Kier alpha value is -1.84. The number of nitrogens with one attached hydrogen (secondary N) is 1. The largest absolute Gasteiger partial charge is 0.477 e. The van der Waals surface area contributed by atoms with E-state index in [1.165, 1.54) is 0 Å². The molecule has 0 aliphatic carbocycles. The van der Waals surface area contributed by atoms with Crippen LogP contribution in [0.15, 0.2) is 35.4 Å². The quantitative estimate of drug-likeness (QED) is 0.592. The van der Waals surface area contributed by atoms with Crippen molar-refractivity contribution < 1.29 is 9.90 Å².